The second kappa shape index (κ2) is 8.84. The van der Waals surface area contributed by atoms with E-state index in [1.807, 2.05) is 18.7 Å². The zero-order chi connectivity index (χ0) is 13.3. The topological polar surface area (TPSA) is 26.3 Å². The second-order valence-corrected chi connectivity index (χ2v) is 6.99. The Hall–Kier alpha value is -0.180. The largest absolute Gasteiger partial charge is 0.448 e. The lowest BCUT2D eigenvalue weighted by Crippen LogP contribution is -2.19. The van der Waals surface area contributed by atoms with Crippen molar-refractivity contribution in [2.45, 2.75) is 83.0 Å². The molecule has 1 unspecified atom stereocenters. The Morgan fingerprint density at radius 2 is 1.72 bits per heavy atom. The van der Waals surface area contributed by atoms with Gasteiger partial charge in [0.15, 0.2) is 4.93 Å². The van der Waals surface area contributed by atoms with E-state index in [0.717, 1.165) is 12.2 Å². The molecule has 106 valence electrons. The third-order valence-electron chi connectivity index (χ3n) is 3.52. The van der Waals surface area contributed by atoms with Gasteiger partial charge in [0.25, 0.3) is 0 Å². The van der Waals surface area contributed by atoms with Crippen LogP contribution in [0.1, 0.15) is 78.1 Å². The first kappa shape index (κ1) is 15.9. The van der Waals surface area contributed by atoms with Crippen LogP contribution in [0.15, 0.2) is 0 Å². The maximum Gasteiger partial charge on any atom is 0.307 e. The fraction of sp³-hybridized carbons (Fsp3) is 0.933. The normalized spacial score (nSPS) is 23.3. The minimum absolute atomic E-state index is 0.0269. The summed E-state index contributed by atoms with van der Waals surface area (Å²) in [5, 5.41) is 0. The van der Waals surface area contributed by atoms with E-state index in [4.69, 9.17) is 4.74 Å². The second-order valence-electron chi connectivity index (χ2n) is 5.43. The first-order valence-corrected chi connectivity index (χ1v) is 8.50. The summed E-state index contributed by atoms with van der Waals surface area (Å²) in [6.45, 7) is 4.31. The Bertz CT molecular complexity index is 243. The number of hydrogen-bond acceptors (Lipinski definition) is 3. The molecule has 0 aromatic heterocycles. The van der Waals surface area contributed by atoms with E-state index < -0.39 is 0 Å². The van der Waals surface area contributed by atoms with Gasteiger partial charge in [-0.1, -0.05) is 51.9 Å². The van der Waals surface area contributed by atoms with Crippen molar-refractivity contribution in [1.29, 1.82) is 0 Å². The number of carbonyl (C=O) groups excluding carboxylic acids is 1. The molecule has 0 radical (unpaired) electrons. The standard InChI is InChI=1S/C15H28O2S/c1-3-4-5-6-7-8-9-10-13-18-15(2)12-11-14(16)17-15/h3-13H2,1-2H3. The quantitative estimate of drug-likeness (QED) is 0.417. The summed E-state index contributed by atoms with van der Waals surface area (Å²) in [5.74, 6) is 1.10. The van der Waals surface area contributed by atoms with E-state index in [1.54, 1.807) is 0 Å². The third kappa shape index (κ3) is 6.67. The number of esters is 1. The Kier molecular flexibility index (Phi) is 7.80. The molecule has 0 aliphatic carbocycles. The van der Waals surface area contributed by atoms with Crippen LogP contribution in [-0.2, 0) is 9.53 Å². The monoisotopic (exact) mass is 272 g/mol. The van der Waals surface area contributed by atoms with Gasteiger partial charge in [0.1, 0.15) is 0 Å². The van der Waals surface area contributed by atoms with Gasteiger partial charge in [-0.25, -0.2) is 0 Å². The van der Waals surface area contributed by atoms with Crippen LogP contribution in [0.5, 0.6) is 0 Å². The predicted octanol–water partition coefficient (Wildman–Crippen LogP) is 4.91. The van der Waals surface area contributed by atoms with Crippen LogP contribution >= 0.6 is 11.8 Å². The summed E-state index contributed by atoms with van der Waals surface area (Å²) in [4.78, 5) is 10.9. The van der Waals surface area contributed by atoms with E-state index in [0.29, 0.717) is 6.42 Å². The van der Waals surface area contributed by atoms with Crippen LogP contribution < -0.4 is 0 Å². The summed E-state index contributed by atoms with van der Waals surface area (Å²) in [6, 6.07) is 0. The number of rotatable bonds is 10. The van der Waals surface area contributed by atoms with E-state index in [1.165, 1.54) is 51.4 Å². The molecular weight excluding hydrogens is 244 g/mol. The van der Waals surface area contributed by atoms with E-state index in [9.17, 15) is 4.79 Å². The highest BCUT2D eigenvalue weighted by Crippen LogP contribution is 2.37. The number of cyclic esters (lactones) is 1. The van der Waals surface area contributed by atoms with Crippen molar-refractivity contribution in [2.24, 2.45) is 0 Å². The number of thioether (sulfide) groups is 1. The lowest BCUT2D eigenvalue weighted by Gasteiger charge is -2.21. The van der Waals surface area contributed by atoms with Crippen molar-refractivity contribution in [2.75, 3.05) is 5.75 Å². The van der Waals surface area contributed by atoms with Crippen LogP contribution in [0, 0.1) is 0 Å². The number of unbranched alkanes of at least 4 members (excludes halogenated alkanes) is 7. The number of carbonyl (C=O) groups is 1. The lowest BCUT2D eigenvalue weighted by molar-refractivity contribution is -0.142. The summed E-state index contributed by atoms with van der Waals surface area (Å²) >= 11 is 1.82. The van der Waals surface area contributed by atoms with Crippen molar-refractivity contribution in [1.82, 2.24) is 0 Å². The first-order valence-electron chi connectivity index (χ1n) is 7.52. The van der Waals surface area contributed by atoms with Crippen molar-refractivity contribution >= 4 is 17.7 Å². The van der Waals surface area contributed by atoms with Gasteiger partial charge in [-0.2, -0.15) is 0 Å². The molecule has 0 aromatic rings. The highest BCUT2D eigenvalue weighted by atomic mass is 32.2. The summed E-state index contributed by atoms with van der Waals surface area (Å²) < 4.78 is 5.34. The Balaban J connectivity index is 1.88. The fourth-order valence-corrected chi connectivity index (χ4v) is 3.48. The maximum atomic E-state index is 11.1. The fourth-order valence-electron chi connectivity index (χ4n) is 2.30. The molecule has 1 aliphatic rings. The van der Waals surface area contributed by atoms with Crippen molar-refractivity contribution in [3.63, 3.8) is 0 Å². The van der Waals surface area contributed by atoms with Crippen LogP contribution in [0.4, 0.5) is 0 Å². The molecule has 1 aliphatic heterocycles. The molecule has 0 aromatic carbocycles. The van der Waals surface area contributed by atoms with Crippen LogP contribution in [0.2, 0.25) is 0 Å². The van der Waals surface area contributed by atoms with Crippen molar-refractivity contribution in [3.05, 3.63) is 0 Å². The van der Waals surface area contributed by atoms with Crippen molar-refractivity contribution in [3.8, 4) is 0 Å². The van der Waals surface area contributed by atoms with Gasteiger partial charge in [-0.05, 0) is 19.1 Å². The number of ether oxygens (including phenoxy) is 1. The highest BCUT2D eigenvalue weighted by molar-refractivity contribution is 8.00. The molecule has 0 N–H and O–H groups in total. The Morgan fingerprint density at radius 1 is 1.11 bits per heavy atom. The van der Waals surface area contributed by atoms with Gasteiger partial charge in [-0.15, -0.1) is 11.8 Å². The van der Waals surface area contributed by atoms with Crippen LogP contribution in [-0.4, -0.2) is 16.7 Å². The van der Waals surface area contributed by atoms with E-state index >= 15 is 0 Å². The molecule has 0 spiro atoms. The summed E-state index contributed by atoms with van der Waals surface area (Å²) in [7, 11) is 0. The zero-order valence-electron chi connectivity index (χ0n) is 12.0. The molecule has 3 heteroatoms. The van der Waals surface area contributed by atoms with Gasteiger partial charge in [0.2, 0.25) is 0 Å². The lowest BCUT2D eigenvalue weighted by atomic mass is 10.1. The molecule has 1 atom stereocenters. The zero-order valence-corrected chi connectivity index (χ0v) is 12.8. The molecule has 1 saturated heterocycles. The summed E-state index contributed by atoms with van der Waals surface area (Å²) in [6.07, 6.45) is 12.3. The predicted molar refractivity (Wildman–Crippen MR) is 78.8 cm³/mol. The average molecular weight is 272 g/mol. The highest BCUT2D eigenvalue weighted by Gasteiger charge is 2.35. The van der Waals surface area contributed by atoms with E-state index in [2.05, 4.69) is 6.92 Å². The van der Waals surface area contributed by atoms with Gasteiger partial charge in [-0.3, -0.25) is 4.79 Å². The van der Waals surface area contributed by atoms with Gasteiger partial charge < -0.3 is 4.74 Å². The Labute approximate surface area is 116 Å². The minimum atomic E-state index is -0.224. The van der Waals surface area contributed by atoms with E-state index in [-0.39, 0.29) is 10.9 Å². The first-order chi connectivity index (χ1) is 8.66. The molecule has 1 rings (SSSR count). The van der Waals surface area contributed by atoms with Crippen LogP contribution in [0.3, 0.4) is 0 Å². The molecule has 0 bridgehead atoms. The van der Waals surface area contributed by atoms with Crippen molar-refractivity contribution < 1.29 is 9.53 Å². The third-order valence-corrected chi connectivity index (χ3v) is 4.91. The molecule has 1 fully saturated rings. The summed E-state index contributed by atoms with van der Waals surface area (Å²) in [5.41, 5.74) is 0. The SMILES string of the molecule is CCCCCCCCCCSC1(C)CCC(=O)O1. The van der Waals surface area contributed by atoms with Gasteiger partial charge in [0.05, 0.1) is 6.42 Å². The maximum absolute atomic E-state index is 11.1. The average Bonchev–Trinajstić information content (AvgIpc) is 2.68. The van der Waals surface area contributed by atoms with Crippen LogP contribution in [0.25, 0.3) is 0 Å². The van der Waals surface area contributed by atoms with Gasteiger partial charge >= 0.3 is 5.97 Å². The van der Waals surface area contributed by atoms with Gasteiger partial charge in [0, 0.05) is 6.42 Å². The number of hydrogen-bond donors (Lipinski definition) is 0. The smallest absolute Gasteiger partial charge is 0.307 e. The molecule has 18 heavy (non-hydrogen) atoms. The minimum Gasteiger partial charge on any atom is -0.448 e. The molecule has 1 heterocycles. The molecular formula is C15H28O2S. The Morgan fingerprint density at radius 3 is 2.28 bits per heavy atom. The molecule has 0 saturated carbocycles. The molecule has 0 amide bonds. The molecule has 2 nitrogen and oxygen atoms in total.